The minimum atomic E-state index is -0.798. The lowest BCUT2D eigenvalue weighted by Crippen LogP contribution is -2.52. The highest BCUT2D eigenvalue weighted by Crippen LogP contribution is 2.18. The molecule has 1 aromatic heterocycles. The molecule has 0 saturated carbocycles. The van der Waals surface area contributed by atoms with Crippen LogP contribution in [0.25, 0.3) is 0 Å². The molecule has 18 heavy (non-hydrogen) atoms. The van der Waals surface area contributed by atoms with Gasteiger partial charge in [-0.1, -0.05) is 0 Å². The van der Waals surface area contributed by atoms with Crippen LogP contribution in [-0.2, 0) is 9.59 Å². The van der Waals surface area contributed by atoms with Gasteiger partial charge in [0.15, 0.2) is 0 Å². The van der Waals surface area contributed by atoms with Crippen molar-refractivity contribution < 1.29 is 14.7 Å². The number of carboxylic acid groups (broad SMARTS) is 1. The lowest BCUT2D eigenvalue weighted by Gasteiger charge is -2.35. The molecule has 0 aromatic carbocycles. The zero-order chi connectivity index (χ0) is 13.3. The number of hydrogen-bond acceptors (Lipinski definition) is 4. The van der Waals surface area contributed by atoms with Gasteiger partial charge in [-0.15, -0.1) is 0 Å². The molecule has 98 valence electrons. The van der Waals surface area contributed by atoms with Gasteiger partial charge in [0.05, 0.1) is 29.5 Å². The largest absolute Gasteiger partial charge is 0.481 e. The van der Waals surface area contributed by atoms with E-state index < -0.39 is 5.97 Å². The zero-order valence-electron chi connectivity index (χ0n) is 10.4. The maximum atomic E-state index is 11.8. The van der Waals surface area contributed by atoms with Crippen molar-refractivity contribution in [2.75, 3.05) is 25.0 Å². The summed E-state index contributed by atoms with van der Waals surface area (Å²) in [5, 5.41) is 18.3. The van der Waals surface area contributed by atoms with Crippen LogP contribution in [0.2, 0.25) is 0 Å². The first-order valence-corrected chi connectivity index (χ1v) is 5.74. The number of anilines is 1. The van der Waals surface area contributed by atoms with E-state index >= 15 is 0 Å². The molecule has 0 bridgehead atoms. The van der Waals surface area contributed by atoms with Crippen LogP contribution in [0.1, 0.15) is 11.4 Å². The van der Waals surface area contributed by atoms with Crippen LogP contribution in [0.15, 0.2) is 0 Å². The number of H-pyrrole nitrogens is 1. The van der Waals surface area contributed by atoms with Crippen LogP contribution < -0.4 is 5.32 Å². The van der Waals surface area contributed by atoms with E-state index in [1.54, 1.807) is 4.90 Å². The number of carbonyl (C=O) groups excluding carboxylic acids is 1. The second kappa shape index (κ2) is 4.77. The van der Waals surface area contributed by atoms with Gasteiger partial charge >= 0.3 is 5.97 Å². The standard InChI is InChI=1S/C11H16N4O3/c1-6-10(7(2)14-13-6)12-9(16)5-15-3-8(4-15)11(17)18/h8H,3-5H2,1-2H3,(H,12,16)(H,13,14)(H,17,18). The molecule has 1 fully saturated rings. The molecule has 1 aliphatic heterocycles. The summed E-state index contributed by atoms with van der Waals surface area (Å²) in [7, 11) is 0. The molecule has 3 N–H and O–H groups in total. The molecule has 2 rings (SSSR count). The number of nitrogens with one attached hydrogen (secondary N) is 2. The van der Waals surface area contributed by atoms with Crippen LogP contribution in [-0.4, -0.2) is 51.7 Å². The lowest BCUT2D eigenvalue weighted by molar-refractivity contribution is -0.148. The molecule has 0 radical (unpaired) electrons. The third-order valence-corrected chi connectivity index (χ3v) is 3.07. The highest BCUT2D eigenvalue weighted by molar-refractivity contribution is 5.93. The Balaban J connectivity index is 1.82. The van der Waals surface area contributed by atoms with Crippen LogP contribution in [0.4, 0.5) is 5.69 Å². The van der Waals surface area contributed by atoms with Crippen LogP contribution >= 0.6 is 0 Å². The third kappa shape index (κ3) is 2.51. The van der Waals surface area contributed by atoms with E-state index in [-0.39, 0.29) is 18.4 Å². The lowest BCUT2D eigenvalue weighted by atomic mass is 10.0. The average molecular weight is 252 g/mol. The van der Waals surface area contributed by atoms with Gasteiger partial charge in [-0.2, -0.15) is 5.10 Å². The van der Waals surface area contributed by atoms with Crippen molar-refractivity contribution in [3.05, 3.63) is 11.4 Å². The van der Waals surface area contributed by atoms with Gasteiger partial charge in [-0.3, -0.25) is 19.6 Å². The molecular weight excluding hydrogens is 236 g/mol. The number of hydrogen-bond donors (Lipinski definition) is 3. The molecule has 0 unspecified atom stereocenters. The molecule has 0 spiro atoms. The van der Waals surface area contributed by atoms with E-state index in [4.69, 9.17) is 5.11 Å². The molecule has 0 aliphatic carbocycles. The molecule has 1 aliphatic rings. The number of aliphatic carboxylic acids is 1. The molecule has 1 saturated heterocycles. The number of aromatic amines is 1. The van der Waals surface area contributed by atoms with Crippen molar-refractivity contribution in [3.8, 4) is 0 Å². The fourth-order valence-corrected chi connectivity index (χ4v) is 1.97. The number of rotatable bonds is 4. The van der Waals surface area contributed by atoms with E-state index in [9.17, 15) is 9.59 Å². The molecule has 1 amide bonds. The van der Waals surface area contributed by atoms with Crippen molar-refractivity contribution in [1.29, 1.82) is 0 Å². The van der Waals surface area contributed by atoms with Crippen molar-refractivity contribution in [2.45, 2.75) is 13.8 Å². The Morgan fingerprint density at radius 1 is 1.50 bits per heavy atom. The highest BCUT2D eigenvalue weighted by Gasteiger charge is 2.33. The number of aromatic nitrogens is 2. The number of carbonyl (C=O) groups is 2. The minimum Gasteiger partial charge on any atom is -0.481 e. The smallest absolute Gasteiger partial charge is 0.309 e. The molecular formula is C11H16N4O3. The number of nitrogens with zero attached hydrogens (tertiary/aromatic N) is 2. The van der Waals surface area contributed by atoms with Crippen molar-refractivity contribution in [2.24, 2.45) is 5.92 Å². The van der Waals surface area contributed by atoms with Crippen molar-refractivity contribution in [3.63, 3.8) is 0 Å². The quantitative estimate of drug-likeness (QED) is 0.699. The summed E-state index contributed by atoms with van der Waals surface area (Å²) >= 11 is 0. The van der Waals surface area contributed by atoms with Crippen molar-refractivity contribution >= 4 is 17.6 Å². The second-order valence-corrected chi connectivity index (χ2v) is 4.59. The SMILES string of the molecule is Cc1n[nH]c(C)c1NC(=O)CN1CC(C(=O)O)C1. The van der Waals surface area contributed by atoms with Crippen LogP contribution in [0.5, 0.6) is 0 Å². The molecule has 2 heterocycles. The molecule has 0 atom stereocenters. The number of amides is 1. The van der Waals surface area contributed by atoms with E-state index in [0.717, 1.165) is 11.4 Å². The van der Waals surface area contributed by atoms with Crippen LogP contribution in [0.3, 0.4) is 0 Å². The summed E-state index contributed by atoms with van der Waals surface area (Å²) in [6, 6.07) is 0. The van der Waals surface area contributed by atoms with E-state index in [2.05, 4.69) is 15.5 Å². The summed E-state index contributed by atoms with van der Waals surface area (Å²) in [6.07, 6.45) is 0. The monoisotopic (exact) mass is 252 g/mol. The third-order valence-electron chi connectivity index (χ3n) is 3.07. The summed E-state index contributed by atoms with van der Waals surface area (Å²) < 4.78 is 0. The van der Waals surface area contributed by atoms with E-state index in [1.807, 2.05) is 13.8 Å². The van der Waals surface area contributed by atoms with Gasteiger partial charge in [0, 0.05) is 13.1 Å². The molecule has 1 aromatic rings. The summed E-state index contributed by atoms with van der Waals surface area (Å²) in [4.78, 5) is 24.2. The number of likely N-dealkylation sites (tertiary alicyclic amines) is 1. The zero-order valence-corrected chi connectivity index (χ0v) is 10.4. The van der Waals surface area contributed by atoms with Gasteiger partial charge in [-0.25, -0.2) is 0 Å². The first kappa shape index (κ1) is 12.6. The Morgan fingerprint density at radius 3 is 2.67 bits per heavy atom. The van der Waals surface area contributed by atoms with Gasteiger partial charge in [0.25, 0.3) is 0 Å². The summed E-state index contributed by atoms with van der Waals surface area (Å²) in [5.41, 5.74) is 2.26. The predicted molar refractivity (Wildman–Crippen MR) is 64.3 cm³/mol. The topological polar surface area (TPSA) is 98.3 Å². The summed E-state index contributed by atoms with van der Waals surface area (Å²) in [5.74, 6) is -1.28. The Hall–Kier alpha value is -1.89. The number of aryl methyl sites for hydroxylation is 2. The van der Waals surface area contributed by atoms with Gasteiger partial charge in [0.1, 0.15) is 0 Å². The van der Waals surface area contributed by atoms with Gasteiger partial charge in [-0.05, 0) is 13.8 Å². The predicted octanol–water partition coefficient (Wildman–Crippen LogP) is -0.0186. The Morgan fingerprint density at radius 2 is 2.17 bits per heavy atom. The Kier molecular flexibility index (Phi) is 3.33. The van der Waals surface area contributed by atoms with Crippen molar-refractivity contribution in [1.82, 2.24) is 15.1 Å². The summed E-state index contributed by atoms with van der Waals surface area (Å²) in [6.45, 7) is 4.73. The highest BCUT2D eigenvalue weighted by atomic mass is 16.4. The Labute approximate surface area is 104 Å². The molecule has 7 nitrogen and oxygen atoms in total. The van der Waals surface area contributed by atoms with Crippen LogP contribution in [0, 0.1) is 19.8 Å². The van der Waals surface area contributed by atoms with Gasteiger partial charge < -0.3 is 10.4 Å². The normalized spacial score (nSPS) is 16.3. The minimum absolute atomic E-state index is 0.147. The van der Waals surface area contributed by atoms with E-state index in [0.29, 0.717) is 18.8 Å². The first-order valence-electron chi connectivity index (χ1n) is 5.74. The van der Waals surface area contributed by atoms with E-state index in [1.165, 1.54) is 0 Å². The Bertz CT molecular complexity index is 457. The maximum absolute atomic E-state index is 11.8. The first-order chi connectivity index (χ1) is 8.47. The van der Waals surface area contributed by atoms with Gasteiger partial charge in [0.2, 0.25) is 5.91 Å². The fraction of sp³-hybridized carbons (Fsp3) is 0.545. The molecule has 7 heteroatoms. The average Bonchev–Trinajstić information content (AvgIpc) is 2.54. The fourth-order valence-electron chi connectivity index (χ4n) is 1.97. The second-order valence-electron chi connectivity index (χ2n) is 4.59. The maximum Gasteiger partial charge on any atom is 0.309 e. The number of carboxylic acids is 1.